The SMILES string of the molecule is Cc1ccc(NC(=O)[C@@H]2CCC[C@@H](C(=O)Nc3ccc(C)cc3)C2)cc1. The third-order valence-electron chi connectivity index (χ3n) is 5.05. The number of anilines is 2. The third-order valence-corrected chi connectivity index (χ3v) is 5.05. The van der Waals surface area contributed by atoms with Gasteiger partial charge in [-0.2, -0.15) is 0 Å². The number of aryl methyl sites for hydroxylation is 2. The molecular formula is C22H26N2O2. The lowest BCUT2D eigenvalue weighted by atomic mass is 9.80. The number of nitrogens with one attached hydrogen (secondary N) is 2. The Bertz CT molecular complexity index is 700. The van der Waals surface area contributed by atoms with E-state index in [9.17, 15) is 9.59 Å². The van der Waals surface area contributed by atoms with E-state index in [0.717, 1.165) is 41.8 Å². The van der Waals surface area contributed by atoms with E-state index >= 15 is 0 Å². The molecule has 2 aromatic rings. The van der Waals surface area contributed by atoms with Crippen LogP contribution in [0.2, 0.25) is 0 Å². The van der Waals surface area contributed by atoms with Crippen molar-refractivity contribution in [3.05, 3.63) is 59.7 Å². The second kappa shape index (κ2) is 8.17. The molecule has 0 spiro atoms. The van der Waals surface area contributed by atoms with Crippen LogP contribution in [0.15, 0.2) is 48.5 Å². The minimum absolute atomic E-state index is 0.0155. The molecule has 136 valence electrons. The number of carbonyl (C=O) groups is 2. The summed E-state index contributed by atoms with van der Waals surface area (Å²) in [5.41, 5.74) is 3.95. The largest absolute Gasteiger partial charge is 0.326 e. The number of carbonyl (C=O) groups excluding carboxylic acids is 2. The Morgan fingerprint density at radius 3 is 1.50 bits per heavy atom. The molecule has 2 amide bonds. The van der Waals surface area contributed by atoms with Gasteiger partial charge in [0, 0.05) is 23.2 Å². The van der Waals surface area contributed by atoms with Crippen molar-refractivity contribution >= 4 is 23.2 Å². The average molecular weight is 350 g/mol. The summed E-state index contributed by atoms with van der Waals surface area (Å²) in [5.74, 6) is -0.194. The first-order valence-corrected chi connectivity index (χ1v) is 9.26. The van der Waals surface area contributed by atoms with Gasteiger partial charge in [-0.1, -0.05) is 41.8 Å². The maximum atomic E-state index is 12.6. The van der Waals surface area contributed by atoms with Crippen LogP contribution in [-0.4, -0.2) is 11.8 Å². The highest BCUT2D eigenvalue weighted by Crippen LogP contribution is 2.31. The fourth-order valence-corrected chi connectivity index (χ4v) is 3.43. The van der Waals surface area contributed by atoms with E-state index in [4.69, 9.17) is 0 Å². The zero-order chi connectivity index (χ0) is 18.5. The van der Waals surface area contributed by atoms with Gasteiger partial charge >= 0.3 is 0 Å². The second-order valence-electron chi connectivity index (χ2n) is 7.27. The van der Waals surface area contributed by atoms with E-state index in [1.165, 1.54) is 0 Å². The lowest BCUT2D eigenvalue weighted by molar-refractivity contribution is -0.124. The zero-order valence-electron chi connectivity index (χ0n) is 15.4. The van der Waals surface area contributed by atoms with Crippen molar-refractivity contribution in [2.24, 2.45) is 11.8 Å². The Morgan fingerprint density at radius 1 is 0.731 bits per heavy atom. The maximum absolute atomic E-state index is 12.6. The number of rotatable bonds is 4. The summed E-state index contributed by atoms with van der Waals surface area (Å²) in [6.45, 7) is 4.04. The van der Waals surface area contributed by atoms with Gasteiger partial charge in [0.05, 0.1) is 0 Å². The fourth-order valence-electron chi connectivity index (χ4n) is 3.43. The number of hydrogen-bond donors (Lipinski definition) is 2. The number of benzene rings is 2. The Kier molecular flexibility index (Phi) is 5.71. The molecule has 0 radical (unpaired) electrons. The summed E-state index contributed by atoms with van der Waals surface area (Å²) < 4.78 is 0. The molecule has 4 nitrogen and oxygen atoms in total. The van der Waals surface area contributed by atoms with Crippen LogP contribution in [0.25, 0.3) is 0 Å². The molecule has 1 aliphatic carbocycles. The highest BCUT2D eigenvalue weighted by atomic mass is 16.2. The van der Waals surface area contributed by atoms with Crippen LogP contribution >= 0.6 is 0 Å². The van der Waals surface area contributed by atoms with Crippen molar-refractivity contribution in [2.45, 2.75) is 39.5 Å². The minimum atomic E-state index is -0.112. The average Bonchev–Trinajstić information content (AvgIpc) is 2.65. The van der Waals surface area contributed by atoms with E-state index in [1.807, 2.05) is 62.4 Å². The van der Waals surface area contributed by atoms with Gasteiger partial charge in [-0.05, 0) is 57.4 Å². The molecule has 1 aliphatic rings. The van der Waals surface area contributed by atoms with Crippen molar-refractivity contribution in [3.63, 3.8) is 0 Å². The molecule has 0 unspecified atom stereocenters. The maximum Gasteiger partial charge on any atom is 0.227 e. The minimum Gasteiger partial charge on any atom is -0.326 e. The van der Waals surface area contributed by atoms with Crippen LogP contribution in [0.5, 0.6) is 0 Å². The van der Waals surface area contributed by atoms with Crippen LogP contribution in [0, 0.1) is 25.7 Å². The Hall–Kier alpha value is -2.62. The van der Waals surface area contributed by atoms with Gasteiger partial charge in [-0.3, -0.25) is 9.59 Å². The summed E-state index contributed by atoms with van der Waals surface area (Å²) >= 11 is 0. The van der Waals surface area contributed by atoms with Gasteiger partial charge in [0.1, 0.15) is 0 Å². The molecule has 2 aromatic carbocycles. The summed E-state index contributed by atoms with van der Waals surface area (Å²) in [7, 11) is 0. The molecular weight excluding hydrogens is 324 g/mol. The summed E-state index contributed by atoms with van der Waals surface area (Å²) in [6.07, 6.45) is 3.19. The van der Waals surface area contributed by atoms with E-state index in [0.29, 0.717) is 6.42 Å². The monoisotopic (exact) mass is 350 g/mol. The van der Waals surface area contributed by atoms with Crippen molar-refractivity contribution in [2.75, 3.05) is 10.6 Å². The summed E-state index contributed by atoms with van der Waals surface area (Å²) in [6, 6.07) is 15.6. The van der Waals surface area contributed by atoms with Crippen LogP contribution in [0.3, 0.4) is 0 Å². The van der Waals surface area contributed by atoms with E-state index in [-0.39, 0.29) is 23.7 Å². The summed E-state index contributed by atoms with van der Waals surface area (Å²) in [5, 5.41) is 5.97. The van der Waals surface area contributed by atoms with Crippen LogP contribution in [-0.2, 0) is 9.59 Å². The molecule has 26 heavy (non-hydrogen) atoms. The molecule has 0 saturated heterocycles. The molecule has 3 rings (SSSR count). The van der Waals surface area contributed by atoms with E-state index in [1.54, 1.807) is 0 Å². The standard InChI is InChI=1S/C22H26N2O2/c1-15-6-10-19(11-7-15)23-21(25)17-4-3-5-18(14-17)22(26)24-20-12-8-16(2)9-13-20/h6-13,17-18H,3-5,14H2,1-2H3,(H,23,25)(H,24,26)/t17-,18-/m1/s1. The fraction of sp³-hybridized carbons (Fsp3) is 0.364. The molecule has 0 aliphatic heterocycles. The van der Waals surface area contributed by atoms with Crippen LogP contribution in [0.4, 0.5) is 11.4 Å². The molecule has 0 heterocycles. The molecule has 0 bridgehead atoms. The molecule has 2 atom stereocenters. The first-order valence-electron chi connectivity index (χ1n) is 9.26. The highest BCUT2D eigenvalue weighted by molar-refractivity contribution is 5.95. The Labute approximate surface area is 155 Å². The van der Waals surface area contributed by atoms with E-state index in [2.05, 4.69) is 10.6 Å². The molecule has 4 heteroatoms. The number of amides is 2. The van der Waals surface area contributed by atoms with Crippen molar-refractivity contribution in [1.29, 1.82) is 0 Å². The lowest BCUT2D eigenvalue weighted by Crippen LogP contribution is -2.33. The van der Waals surface area contributed by atoms with Crippen LogP contribution in [0.1, 0.15) is 36.8 Å². The first-order chi connectivity index (χ1) is 12.5. The zero-order valence-corrected chi connectivity index (χ0v) is 15.4. The van der Waals surface area contributed by atoms with Gasteiger partial charge in [-0.25, -0.2) is 0 Å². The normalized spacial score (nSPS) is 19.6. The molecule has 1 fully saturated rings. The lowest BCUT2D eigenvalue weighted by Gasteiger charge is -2.27. The Morgan fingerprint density at radius 2 is 1.12 bits per heavy atom. The van der Waals surface area contributed by atoms with Crippen molar-refractivity contribution in [1.82, 2.24) is 0 Å². The molecule has 1 saturated carbocycles. The topological polar surface area (TPSA) is 58.2 Å². The van der Waals surface area contributed by atoms with Gasteiger partial charge in [0.15, 0.2) is 0 Å². The van der Waals surface area contributed by atoms with Gasteiger partial charge in [0.25, 0.3) is 0 Å². The number of hydrogen-bond acceptors (Lipinski definition) is 2. The molecule has 0 aromatic heterocycles. The smallest absolute Gasteiger partial charge is 0.227 e. The summed E-state index contributed by atoms with van der Waals surface area (Å²) in [4.78, 5) is 25.1. The Balaban J connectivity index is 1.57. The van der Waals surface area contributed by atoms with Crippen molar-refractivity contribution < 1.29 is 9.59 Å². The van der Waals surface area contributed by atoms with Crippen LogP contribution < -0.4 is 10.6 Å². The quantitative estimate of drug-likeness (QED) is 0.840. The van der Waals surface area contributed by atoms with Gasteiger partial charge < -0.3 is 10.6 Å². The predicted octanol–water partition coefficient (Wildman–Crippen LogP) is 4.69. The predicted molar refractivity (Wildman–Crippen MR) is 105 cm³/mol. The third kappa shape index (κ3) is 4.72. The highest BCUT2D eigenvalue weighted by Gasteiger charge is 2.31. The second-order valence-corrected chi connectivity index (χ2v) is 7.27. The van der Waals surface area contributed by atoms with Gasteiger partial charge in [-0.15, -0.1) is 0 Å². The van der Waals surface area contributed by atoms with Gasteiger partial charge in [0.2, 0.25) is 11.8 Å². The van der Waals surface area contributed by atoms with Crippen molar-refractivity contribution in [3.8, 4) is 0 Å². The van der Waals surface area contributed by atoms with E-state index < -0.39 is 0 Å². The first kappa shape index (κ1) is 18.2. The molecule has 2 N–H and O–H groups in total.